The highest BCUT2D eigenvalue weighted by Gasteiger charge is 2.24. The predicted octanol–water partition coefficient (Wildman–Crippen LogP) is 6.56. The first kappa shape index (κ1) is 20.8. The Kier molecular flexibility index (Phi) is 5.31. The summed E-state index contributed by atoms with van der Waals surface area (Å²) < 4.78 is 7.64. The van der Waals surface area contributed by atoms with E-state index in [2.05, 4.69) is 52.9 Å². The van der Waals surface area contributed by atoms with Gasteiger partial charge in [-0.25, -0.2) is 9.78 Å². The van der Waals surface area contributed by atoms with E-state index in [1.54, 1.807) is 13.2 Å². The number of ether oxygens (including phenoxy) is 1. The van der Waals surface area contributed by atoms with Gasteiger partial charge in [-0.2, -0.15) is 0 Å². The molecule has 0 fully saturated rings. The summed E-state index contributed by atoms with van der Waals surface area (Å²) in [5, 5.41) is 11.7. The van der Waals surface area contributed by atoms with Gasteiger partial charge in [0.25, 0.3) is 0 Å². The Morgan fingerprint density at radius 2 is 1.67 bits per heavy atom. The van der Waals surface area contributed by atoms with E-state index >= 15 is 0 Å². The van der Waals surface area contributed by atoms with Gasteiger partial charge in [0.1, 0.15) is 11.4 Å². The number of carboxylic acid groups (broad SMARTS) is 1. The SMILES string of the molecule is CCC(c1ccccc1)n1c2ccccc2c2cc(C(=O)O)nc(-c3ccc(OC)cc3)c21. The number of aromatic nitrogens is 2. The molecule has 5 aromatic rings. The molecular formula is C28H24N2O3. The highest BCUT2D eigenvalue weighted by atomic mass is 16.5. The van der Waals surface area contributed by atoms with Crippen molar-refractivity contribution in [2.45, 2.75) is 19.4 Å². The molecule has 1 unspecified atom stereocenters. The Labute approximate surface area is 191 Å². The van der Waals surface area contributed by atoms with Gasteiger partial charge in [-0.05, 0) is 48.4 Å². The minimum atomic E-state index is -1.04. The summed E-state index contributed by atoms with van der Waals surface area (Å²) in [6, 6.07) is 27.9. The van der Waals surface area contributed by atoms with Crippen molar-refractivity contribution in [1.82, 2.24) is 9.55 Å². The molecule has 0 saturated carbocycles. The fourth-order valence-corrected chi connectivity index (χ4v) is 4.65. The molecule has 0 radical (unpaired) electrons. The Morgan fingerprint density at radius 1 is 0.970 bits per heavy atom. The number of hydrogen-bond donors (Lipinski definition) is 1. The largest absolute Gasteiger partial charge is 0.497 e. The van der Waals surface area contributed by atoms with Gasteiger partial charge in [-0.3, -0.25) is 0 Å². The lowest BCUT2D eigenvalue weighted by Gasteiger charge is -2.22. The van der Waals surface area contributed by atoms with Crippen LogP contribution in [0, 0.1) is 0 Å². The van der Waals surface area contributed by atoms with Crippen LogP contribution in [0.2, 0.25) is 0 Å². The van der Waals surface area contributed by atoms with E-state index in [4.69, 9.17) is 4.74 Å². The van der Waals surface area contributed by atoms with E-state index < -0.39 is 5.97 Å². The number of fused-ring (bicyclic) bond motifs is 3. The zero-order valence-corrected chi connectivity index (χ0v) is 18.5. The number of rotatable bonds is 6. The van der Waals surface area contributed by atoms with Crippen molar-refractivity contribution in [1.29, 1.82) is 0 Å². The van der Waals surface area contributed by atoms with Crippen molar-refractivity contribution in [2.24, 2.45) is 0 Å². The summed E-state index contributed by atoms with van der Waals surface area (Å²) in [4.78, 5) is 16.6. The summed E-state index contributed by atoms with van der Waals surface area (Å²) in [5.74, 6) is -0.306. The smallest absolute Gasteiger partial charge is 0.354 e. The Hall–Kier alpha value is -4.12. The standard InChI is InChI=1S/C28H24N2O3/c1-3-24(18-9-5-4-6-10-18)30-25-12-8-7-11-21(25)22-17-23(28(31)32)29-26(27(22)30)19-13-15-20(33-2)16-14-19/h4-17,24H,3H2,1-2H3,(H,31,32). The van der Waals surface area contributed by atoms with Crippen LogP contribution in [0.5, 0.6) is 5.75 Å². The maximum Gasteiger partial charge on any atom is 0.354 e. The number of aromatic carboxylic acids is 1. The fourth-order valence-electron chi connectivity index (χ4n) is 4.65. The molecule has 2 heterocycles. The third kappa shape index (κ3) is 3.52. The molecule has 0 aliphatic carbocycles. The normalized spacial score (nSPS) is 12.2. The van der Waals surface area contributed by atoms with E-state index in [0.29, 0.717) is 5.69 Å². The van der Waals surface area contributed by atoms with Crippen LogP contribution >= 0.6 is 0 Å². The number of hydrogen-bond acceptors (Lipinski definition) is 3. The quantitative estimate of drug-likeness (QED) is 0.327. The summed E-state index contributed by atoms with van der Waals surface area (Å²) in [5.41, 5.74) is 4.72. The Bertz CT molecular complexity index is 1450. The van der Waals surface area contributed by atoms with E-state index in [9.17, 15) is 9.90 Å². The maximum atomic E-state index is 12.0. The molecule has 1 atom stereocenters. The predicted molar refractivity (Wildman–Crippen MR) is 131 cm³/mol. The molecular weight excluding hydrogens is 412 g/mol. The Morgan fingerprint density at radius 3 is 2.33 bits per heavy atom. The van der Waals surface area contributed by atoms with Crippen LogP contribution in [0.1, 0.15) is 35.4 Å². The molecule has 5 nitrogen and oxygen atoms in total. The molecule has 33 heavy (non-hydrogen) atoms. The molecule has 0 bridgehead atoms. The second-order valence-corrected chi connectivity index (χ2v) is 8.01. The van der Waals surface area contributed by atoms with Crippen LogP contribution < -0.4 is 4.74 Å². The van der Waals surface area contributed by atoms with Gasteiger partial charge in [0.15, 0.2) is 0 Å². The van der Waals surface area contributed by atoms with Gasteiger partial charge in [0.2, 0.25) is 0 Å². The molecule has 5 heteroatoms. The highest BCUT2D eigenvalue weighted by Crippen LogP contribution is 2.40. The molecule has 2 aromatic heterocycles. The minimum Gasteiger partial charge on any atom is -0.497 e. The van der Waals surface area contributed by atoms with E-state index in [1.165, 1.54) is 5.56 Å². The van der Waals surface area contributed by atoms with Gasteiger partial charge in [0, 0.05) is 21.9 Å². The number of para-hydroxylation sites is 1. The molecule has 5 rings (SSSR count). The topological polar surface area (TPSA) is 64.4 Å². The molecule has 0 aliphatic heterocycles. The monoisotopic (exact) mass is 436 g/mol. The maximum absolute atomic E-state index is 12.0. The summed E-state index contributed by atoms with van der Waals surface area (Å²) in [6.45, 7) is 2.17. The van der Waals surface area contributed by atoms with Crippen molar-refractivity contribution >= 4 is 27.8 Å². The number of pyridine rings is 1. The van der Waals surface area contributed by atoms with Crippen LogP contribution in [0.3, 0.4) is 0 Å². The first-order valence-electron chi connectivity index (χ1n) is 11.0. The fraction of sp³-hybridized carbons (Fsp3) is 0.143. The minimum absolute atomic E-state index is 0.0315. The van der Waals surface area contributed by atoms with Crippen LogP contribution in [-0.4, -0.2) is 27.7 Å². The first-order valence-corrected chi connectivity index (χ1v) is 11.0. The zero-order chi connectivity index (χ0) is 22.9. The number of nitrogens with zero attached hydrogens (tertiary/aromatic N) is 2. The van der Waals surface area contributed by atoms with Crippen molar-refractivity contribution in [3.05, 3.63) is 96.2 Å². The van der Waals surface area contributed by atoms with Crippen LogP contribution in [0.25, 0.3) is 33.1 Å². The lowest BCUT2D eigenvalue weighted by Crippen LogP contribution is -2.11. The summed E-state index contributed by atoms with van der Waals surface area (Å²) in [7, 11) is 1.63. The third-order valence-electron chi connectivity index (χ3n) is 6.15. The molecule has 3 aromatic carbocycles. The molecule has 0 spiro atoms. The second-order valence-electron chi connectivity index (χ2n) is 8.01. The average molecular weight is 437 g/mol. The molecule has 164 valence electrons. The number of carboxylic acids is 1. The van der Waals surface area contributed by atoms with E-state index in [1.807, 2.05) is 42.5 Å². The van der Waals surface area contributed by atoms with Crippen molar-refractivity contribution < 1.29 is 14.6 Å². The lowest BCUT2D eigenvalue weighted by atomic mass is 10.0. The first-order chi connectivity index (χ1) is 16.1. The van der Waals surface area contributed by atoms with Gasteiger partial charge < -0.3 is 14.4 Å². The third-order valence-corrected chi connectivity index (χ3v) is 6.15. The van der Waals surface area contributed by atoms with Gasteiger partial charge in [-0.1, -0.05) is 55.5 Å². The summed E-state index contributed by atoms with van der Waals surface area (Å²) >= 11 is 0. The molecule has 1 N–H and O–H groups in total. The Balaban J connectivity index is 1.92. The van der Waals surface area contributed by atoms with Crippen molar-refractivity contribution in [3.63, 3.8) is 0 Å². The number of methoxy groups -OCH3 is 1. The van der Waals surface area contributed by atoms with Crippen molar-refractivity contribution in [2.75, 3.05) is 7.11 Å². The molecule has 0 saturated heterocycles. The molecule has 0 amide bonds. The van der Waals surface area contributed by atoms with Crippen LogP contribution in [0.15, 0.2) is 84.9 Å². The summed E-state index contributed by atoms with van der Waals surface area (Å²) in [6.07, 6.45) is 0.876. The lowest BCUT2D eigenvalue weighted by molar-refractivity contribution is 0.0691. The van der Waals surface area contributed by atoms with Crippen LogP contribution in [-0.2, 0) is 0 Å². The number of benzene rings is 3. The average Bonchev–Trinajstić information content (AvgIpc) is 3.19. The highest BCUT2D eigenvalue weighted by molar-refractivity contribution is 6.13. The van der Waals surface area contributed by atoms with Crippen molar-refractivity contribution in [3.8, 4) is 17.0 Å². The van der Waals surface area contributed by atoms with E-state index in [-0.39, 0.29) is 11.7 Å². The number of carbonyl (C=O) groups is 1. The van der Waals surface area contributed by atoms with Gasteiger partial charge in [0.05, 0.1) is 24.4 Å². The van der Waals surface area contributed by atoms with E-state index in [0.717, 1.165) is 39.5 Å². The van der Waals surface area contributed by atoms with Gasteiger partial charge >= 0.3 is 5.97 Å². The zero-order valence-electron chi connectivity index (χ0n) is 18.5. The van der Waals surface area contributed by atoms with Crippen LogP contribution in [0.4, 0.5) is 0 Å². The second kappa shape index (κ2) is 8.43. The molecule has 0 aliphatic rings. The van der Waals surface area contributed by atoms with Gasteiger partial charge in [-0.15, -0.1) is 0 Å².